The van der Waals surface area contributed by atoms with Gasteiger partial charge in [-0.1, -0.05) is 42.0 Å². The third-order valence-electron chi connectivity index (χ3n) is 6.45. The molecular weight excluding hydrogens is 448 g/mol. The lowest BCUT2D eigenvalue weighted by molar-refractivity contribution is -0.141. The molecule has 186 valence electrons. The Morgan fingerprint density at radius 2 is 1.97 bits per heavy atom. The lowest BCUT2D eigenvalue weighted by Gasteiger charge is -2.31. The van der Waals surface area contributed by atoms with Gasteiger partial charge in [-0.3, -0.25) is 9.36 Å². The van der Waals surface area contributed by atoms with Crippen LogP contribution >= 0.6 is 0 Å². The van der Waals surface area contributed by atoms with Crippen LogP contribution in [0, 0.1) is 0 Å². The number of hydrogen-bond donors (Lipinski definition) is 2. The Bertz CT molecular complexity index is 1380. The highest BCUT2D eigenvalue weighted by molar-refractivity contribution is 5.76. The number of allylic oxidation sites excluding steroid dienone is 2. The van der Waals surface area contributed by atoms with Crippen LogP contribution in [0.5, 0.6) is 0 Å². The predicted molar refractivity (Wildman–Crippen MR) is 135 cm³/mol. The van der Waals surface area contributed by atoms with Crippen LogP contribution in [0.25, 0.3) is 11.2 Å². The van der Waals surface area contributed by atoms with Gasteiger partial charge in [0, 0.05) is 39.1 Å². The summed E-state index contributed by atoms with van der Waals surface area (Å²) >= 11 is 0. The molecule has 2 atom stereocenters. The Hall–Kier alpha value is -3.66. The molecule has 0 amide bonds. The number of aromatic nitrogens is 4. The molecule has 1 aromatic carbocycles. The fraction of sp³-hybridized carbons (Fsp3) is 0.440. The second-order valence-electron chi connectivity index (χ2n) is 9.38. The van der Waals surface area contributed by atoms with Crippen molar-refractivity contribution in [3.8, 4) is 0 Å². The number of anilines is 1. The van der Waals surface area contributed by atoms with Gasteiger partial charge < -0.3 is 20.3 Å². The molecule has 0 spiro atoms. The first-order valence-electron chi connectivity index (χ1n) is 11.8. The van der Waals surface area contributed by atoms with E-state index < -0.39 is 23.3 Å². The van der Waals surface area contributed by atoms with Crippen LogP contribution in [0.2, 0.25) is 0 Å². The number of imidazole rings is 1. The number of nitrogens with zero attached hydrogens (tertiary/aromatic N) is 5. The fourth-order valence-electron chi connectivity index (χ4n) is 4.61. The van der Waals surface area contributed by atoms with E-state index in [9.17, 15) is 19.5 Å². The zero-order valence-electron chi connectivity index (χ0n) is 20.3. The summed E-state index contributed by atoms with van der Waals surface area (Å²) in [6, 6.07) is 7.61. The minimum atomic E-state index is -1.35. The number of carboxylic acid groups (broad SMARTS) is 1. The number of aryl methyl sites for hydroxylation is 1. The number of carboxylic acids is 1. The Labute approximate surface area is 202 Å². The maximum absolute atomic E-state index is 13.8. The van der Waals surface area contributed by atoms with Gasteiger partial charge in [-0.05, 0) is 32.3 Å². The molecule has 0 bridgehead atoms. The first-order chi connectivity index (χ1) is 16.7. The molecule has 2 aromatic heterocycles. The minimum Gasteiger partial charge on any atom is -0.480 e. The number of piperidine rings is 1. The molecular formula is C25H32N6O4. The highest BCUT2D eigenvalue weighted by Gasteiger charge is 2.30. The quantitative estimate of drug-likeness (QED) is 0.492. The smallest absolute Gasteiger partial charge is 0.333 e. The summed E-state index contributed by atoms with van der Waals surface area (Å²) in [6.45, 7) is 5.61. The highest BCUT2D eigenvalue weighted by atomic mass is 16.4. The topological polar surface area (TPSA) is 128 Å². The zero-order chi connectivity index (χ0) is 25.3. The largest absolute Gasteiger partial charge is 0.480 e. The third-order valence-corrected chi connectivity index (χ3v) is 6.45. The van der Waals surface area contributed by atoms with Gasteiger partial charge in [0.05, 0.1) is 0 Å². The van der Waals surface area contributed by atoms with Gasteiger partial charge in [-0.25, -0.2) is 14.2 Å². The Balaban J connectivity index is 1.96. The van der Waals surface area contributed by atoms with Crippen molar-refractivity contribution >= 4 is 23.1 Å². The molecule has 2 unspecified atom stereocenters. The monoisotopic (exact) mass is 480 g/mol. The molecule has 1 saturated heterocycles. The SMILES string of the molecule is CC(C)=CCn1c(N2CCCC(N)C2)nc2c1c(=O)n(C(Cc1ccccc1)C(=O)O)c(=O)n2C. The number of rotatable bonds is 7. The average molecular weight is 481 g/mol. The summed E-state index contributed by atoms with van der Waals surface area (Å²) in [5, 5.41) is 10.0. The molecule has 1 aliphatic rings. The minimum absolute atomic E-state index is 0.00672. The van der Waals surface area contributed by atoms with Gasteiger partial charge in [0.15, 0.2) is 11.2 Å². The van der Waals surface area contributed by atoms with Crippen molar-refractivity contribution in [1.29, 1.82) is 0 Å². The van der Waals surface area contributed by atoms with Crippen molar-refractivity contribution in [2.24, 2.45) is 12.8 Å². The maximum Gasteiger partial charge on any atom is 0.333 e. The second-order valence-corrected chi connectivity index (χ2v) is 9.38. The van der Waals surface area contributed by atoms with Gasteiger partial charge in [-0.2, -0.15) is 4.98 Å². The van der Waals surface area contributed by atoms with Gasteiger partial charge in [0.2, 0.25) is 5.95 Å². The average Bonchev–Trinajstić information content (AvgIpc) is 3.21. The van der Waals surface area contributed by atoms with Crippen molar-refractivity contribution in [2.75, 3.05) is 18.0 Å². The van der Waals surface area contributed by atoms with Crippen LogP contribution < -0.4 is 21.9 Å². The number of fused-ring (bicyclic) bond motifs is 1. The summed E-state index contributed by atoms with van der Waals surface area (Å²) in [6.07, 6.45) is 3.79. The highest BCUT2D eigenvalue weighted by Crippen LogP contribution is 2.24. The molecule has 10 nitrogen and oxygen atoms in total. The molecule has 0 aliphatic carbocycles. The van der Waals surface area contributed by atoms with E-state index in [0.717, 1.165) is 35.1 Å². The molecule has 3 aromatic rings. The summed E-state index contributed by atoms with van der Waals surface area (Å²) in [5.74, 6) is -0.683. The van der Waals surface area contributed by atoms with Crippen LogP contribution in [0.1, 0.15) is 38.3 Å². The van der Waals surface area contributed by atoms with E-state index in [1.807, 2.05) is 30.9 Å². The number of aliphatic carboxylic acids is 1. The fourth-order valence-corrected chi connectivity index (χ4v) is 4.61. The van der Waals surface area contributed by atoms with E-state index in [4.69, 9.17) is 10.7 Å². The predicted octanol–water partition coefficient (Wildman–Crippen LogP) is 1.66. The van der Waals surface area contributed by atoms with Crippen LogP contribution in [0.4, 0.5) is 5.95 Å². The van der Waals surface area contributed by atoms with E-state index in [2.05, 4.69) is 0 Å². The van der Waals surface area contributed by atoms with Gasteiger partial charge >= 0.3 is 11.7 Å². The third kappa shape index (κ3) is 4.79. The van der Waals surface area contributed by atoms with Crippen molar-refractivity contribution in [2.45, 2.75) is 51.7 Å². The van der Waals surface area contributed by atoms with E-state index in [-0.39, 0.29) is 23.6 Å². The summed E-state index contributed by atoms with van der Waals surface area (Å²) in [4.78, 5) is 46.2. The molecule has 0 saturated carbocycles. The second kappa shape index (κ2) is 9.91. The van der Waals surface area contributed by atoms with E-state index in [1.54, 1.807) is 28.8 Å². The van der Waals surface area contributed by atoms with Crippen molar-refractivity contribution in [3.63, 3.8) is 0 Å². The van der Waals surface area contributed by atoms with Gasteiger partial charge in [-0.15, -0.1) is 0 Å². The summed E-state index contributed by atoms with van der Waals surface area (Å²) < 4.78 is 3.90. The molecule has 1 fully saturated rings. The molecule has 4 rings (SSSR count). The van der Waals surface area contributed by atoms with Crippen molar-refractivity contribution in [3.05, 3.63) is 68.4 Å². The van der Waals surface area contributed by atoms with Crippen LogP contribution in [0.3, 0.4) is 0 Å². The number of benzene rings is 1. The first-order valence-corrected chi connectivity index (χ1v) is 11.8. The molecule has 3 N–H and O–H groups in total. The van der Waals surface area contributed by atoms with Crippen LogP contribution in [-0.2, 0) is 24.8 Å². The van der Waals surface area contributed by atoms with Crippen molar-refractivity contribution < 1.29 is 9.90 Å². The van der Waals surface area contributed by atoms with Gasteiger partial charge in [0.1, 0.15) is 6.04 Å². The van der Waals surface area contributed by atoms with Crippen molar-refractivity contribution in [1.82, 2.24) is 18.7 Å². The number of carbonyl (C=O) groups is 1. The lowest BCUT2D eigenvalue weighted by Crippen LogP contribution is -2.45. The molecule has 0 radical (unpaired) electrons. The molecule has 10 heteroatoms. The molecule has 1 aliphatic heterocycles. The maximum atomic E-state index is 13.8. The Morgan fingerprint density at radius 3 is 2.60 bits per heavy atom. The Morgan fingerprint density at radius 1 is 1.26 bits per heavy atom. The number of nitrogens with two attached hydrogens (primary N) is 1. The first kappa shape index (κ1) is 24.5. The number of hydrogen-bond acceptors (Lipinski definition) is 6. The molecule has 3 heterocycles. The summed E-state index contributed by atoms with van der Waals surface area (Å²) in [7, 11) is 1.52. The normalized spacial score (nSPS) is 16.9. The standard InChI is InChI=1S/C25H32N6O4/c1-16(2)11-13-30-20-21(27-24(30)29-12-7-10-18(26)15-29)28(3)25(35)31(22(20)32)19(23(33)34)14-17-8-5-4-6-9-17/h4-6,8-9,11,18-19H,7,10,12-15,26H2,1-3H3,(H,33,34). The van der Waals surface area contributed by atoms with Gasteiger partial charge in [0.25, 0.3) is 5.56 Å². The van der Waals surface area contributed by atoms with Crippen LogP contribution in [0.15, 0.2) is 51.6 Å². The van der Waals surface area contributed by atoms with E-state index >= 15 is 0 Å². The molecule has 35 heavy (non-hydrogen) atoms. The lowest BCUT2D eigenvalue weighted by atomic mass is 10.1. The van der Waals surface area contributed by atoms with E-state index in [1.165, 1.54) is 11.6 Å². The summed E-state index contributed by atoms with van der Waals surface area (Å²) in [5.41, 5.74) is 7.06. The Kier molecular flexibility index (Phi) is 6.93. The zero-order valence-corrected chi connectivity index (χ0v) is 20.3. The van der Waals surface area contributed by atoms with Crippen LogP contribution in [-0.4, -0.2) is 48.9 Å². The van der Waals surface area contributed by atoms with E-state index in [0.29, 0.717) is 19.0 Å².